The standard InChI is InChI=1S/C12H14O4/c1-3-10(13)12(15,11(14)16-2)9-7-5-4-6-8-9/h4-8,15H,3H2,1-2H3/t12-/m1/s1. The van der Waals surface area contributed by atoms with E-state index < -0.39 is 17.4 Å². The Bertz CT molecular complexity index is 367. The van der Waals surface area contributed by atoms with E-state index in [2.05, 4.69) is 4.74 Å². The van der Waals surface area contributed by atoms with E-state index in [1.807, 2.05) is 0 Å². The Morgan fingerprint density at radius 2 is 1.88 bits per heavy atom. The fraction of sp³-hybridized carbons (Fsp3) is 0.333. The van der Waals surface area contributed by atoms with Crippen LogP contribution in [0.2, 0.25) is 0 Å². The van der Waals surface area contributed by atoms with Gasteiger partial charge in [0.05, 0.1) is 7.11 Å². The molecule has 1 atom stereocenters. The SMILES string of the molecule is CCC(=O)[C@@](O)(C(=O)OC)c1ccccc1. The predicted molar refractivity (Wildman–Crippen MR) is 57.7 cm³/mol. The van der Waals surface area contributed by atoms with Gasteiger partial charge in [0.2, 0.25) is 5.60 Å². The second-order valence-corrected chi connectivity index (χ2v) is 3.34. The van der Waals surface area contributed by atoms with Crippen molar-refractivity contribution in [3.63, 3.8) is 0 Å². The molecule has 0 spiro atoms. The molecule has 0 radical (unpaired) electrons. The normalized spacial score (nSPS) is 13.9. The lowest BCUT2D eigenvalue weighted by atomic mass is 9.88. The van der Waals surface area contributed by atoms with E-state index in [4.69, 9.17) is 0 Å². The summed E-state index contributed by atoms with van der Waals surface area (Å²) in [6, 6.07) is 8.06. The lowest BCUT2D eigenvalue weighted by Crippen LogP contribution is -2.44. The summed E-state index contributed by atoms with van der Waals surface area (Å²) in [4.78, 5) is 23.2. The highest BCUT2D eigenvalue weighted by molar-refractivity contribution is 6.07. The average Bonchev–Trinajstić information content (AvgIpc) is 2.36. The topological polar surface area (TPSA) is 63.6 Å². The molecule has 86 valence electrons. The fourth-order valence-electron chi connectivity index (χ4n) is 1.48. The second-order valence-electron chi connectivity index (χ2n) is 3.34. The quantitative estimate of drug-likeness (QED) is 0.610. The number of carbonyl (C=O) groups is 2. The Kier molecular flexibility index (Phi) is 3.79. The van der Waals surface area contributed by atoms with Gasteiger partial charge in [0, 0.05) is 12.0 Å². The first-order valence-corrected chi connectivity index (χ1v) is 4.97. The molecule has 1 N–H and O–H groups in total. The molecule has 0 fully saturated rings. The van der Waals surface area contributed by atoms with Crippen molar-refractivity contribution in [1.29, 1.82) is 0 Å². The van der Waals surface area contributed by atoms with Crippen molar-refractivity contribution in [2.24, 2.45) is 0 Å². The lowest BCUT2D eigenvalue weighted by Gasteiger charge is -2.23. The molecule has 0 bridgehead atoms. The maximum atomic E-state index is 11.7. The first-order valence-electron chi connectivity index (χ1n) is 4.97. The summed E-state index contributed by atoms with van der Waals surface area (Å²) in [7, 11) is 1.14. The van der Waals surface area contributed by atoms with Gasteiger partial charge in [0.1, 0.15) is 0 Å². The molecule has 4 nitrogen and oxygen atoms in total. The first kappa shape index (κ1) is 12.4. The molecule has 0 heterocycles. The van der Waals surface area contributed by atoms with Crippen molar-refractivity contribution < 1.29 is 19.4 Å². The molecule has 1 aromatic carbocycles. The maximum Gasteiger partial charge on any atom is 0.350 e. The van der Waals surface area contributed by atoms with Gasteiger partial charge in [0.25, 0.3) is 0 Å². The zero-order chi connectivity index (χ0) is 12.2. The molecule has 0 aliphatic heterocycles. The second kappa shape index (κ2) is 4.90. The van der Waals surface area contributed by atoms with Gasteiger partial charge in [-0.25, -0.2) is 4.79 Å². The molecule has 0 aliphatic rings. The number of ketones is 1. The third-order valence-corrected chi connectivity index (χ3v) is 2.40. The van der Waals surface area contributed by atoms with Crippen LogP contribution in [0.1, 0.15) is 18.9 Å². The van der Waals surface area contributed by atoms with Crippen molar-refractivity contribution in [2.45, 2.75) is 18.9 Å². The highest BCUT2D eigenvalue weighted by Crippen LogP contribution is 2.25. The van der Waals surface area contributed by atoms with E-state index in [9.17, 15) is 14.7 Å². The number of ether oxygens (including phenoxy) is 1. The van der Waals surface area contributed by atoms with E-state index in [1.165, 1.54) is 12.1 Å². The summed E-state index contributed by atoms with van der Waals surface area (Å²) in [6.07, 6.45) is 0.0560. The Morgan fingerprint density at radius 3 is 2.31 bits per heavy atom. The van der Waals surface area contributed by atoms with Crippen LogP contribution in [0.25, 0.3) is 0 Å². The molecule has 0 saturated heterocycles. The van der Waals surface area contributed by atoms with E-state index in [-0.39, 0.29) is 12.0 Å². The van der Waals surface area contributed by atoms with Crippen molar-refractivity contribution in [2.75, 3.05) is 7.11 Å². The molecule has 4 heteroatoms. The van der Waals surface area contributed by atoms with E-state index in [0.717, 1.165) is 7.11 Å². The van der Waals surface area contributed by atoms with Gasteiger partial charge >= 0.3 is 5.97 Å². The summed E-state index contributed by atoms with van der Waals surface area (Å²) < 4.78 is 4.48. The summed E-state index contributed by atoms with van der Waals surface area (Å²) in [5, 5.41) is 10.2. The number of esters is 1. The molecule has 0 aromatic heterocycles. The van der Waals surface area contributed by atoms with Crippen molar-refractivity contribution in [3.8, 4) is 0 Å². The largest absolute Gasteiger partial charge is 0.466 e. The Hall–Kier alpha value is -1.68. The third-order valence-electron chi connectivity index (χ3n) is 2.40. The summed E-state index contributed by atoms with van der Waals surface area (Å²) in [6.45, 7) is 1.58. The van der Waals surface area contributed by atoms with Crippen LogP contribution in [-0.2, 0) is 19.9 Å². The molecular weight excluding hydrogens is 208 g/mol. The molecule has 1 rings (SSSR count). The minimum absolute atomic E-state index is 0.0560. The number of methoxy groups -OCH3 is 1. The van der Waals surface area contributed by atoms with Crippen molar-refractivity contribution >= 4 is 11.8 Å². The first-order chi connectivity index (χ1) is 7.57. The number of rotatable bonds is 4. The zero-order valence-electron chi connectivity index (χ0n) is 9.27. The van der Waals surface area contributed by atoms with Crippen LogP contribution in [0.4, 0.5) is 0 Å². The van der Waals surface area contributed by atoms with Gasteiger partial charge in [-0.1, -0.05) is 37.3 Å². The van der Waals surface area contributed by atoms with Gasteiger partial charge in [-0.2, -0.15) is 0 Å². The molecule has 0 unspecified atom stereocenters. The highest BCUT2D eigenvalue weighted by Gasteiger charge is 2.45. The minimum atomic E-state index is -2.19. The van der Waals surface area contributed by atoms with Gasteiger partial charge in [-0.15, -0.1) is 0 Å². The van der Waals surface area contributed by atoms with Crippen LogP contribution in [0.5, 0.6) is 0 Å². The maximum absolute atomic E-state index is 11.7. The Balaban J connectivity index is 3.26. The van der Waals surface area contributed by atoms with Crippen LogP contribution >= 0.6 is 0 Å². The number of aliphatic hydroxyl groups is 1. The van der Waals surface area contributed by atoms with Crippen LogP contribution in [0, 0.1) is 0 Å². The molecule has 0 saturated carbocycles. The smallest absolute Gasteiger partial charge is 0.350 e. The molecule has 0 amide bonds. The number of carbonyl (C=O) groups excluding carboxylic acids is 2. The molecule has 1 aromatic rings. The van der Waals surface area contributed by atoms with Gasteiger partial charge < -0.3 is 9.84 Å². The summed E-state index contributed by atoms with van der Waals surface area (Å²) in [5.41, 5.74) is -1.96. The van der Waals surface area contributed by atoms with E-state index in [0.29, 0.717) is 0 Å². The highest BCUT2D eigenvalue weighted by atomic mass is 16.5. The number of hydrogen-bond donors (Lipinski definition) is 1. The van der Waals surface area contributed by atoms with Crippen molar-refractivity contribution in [1.82, 2.24) is 0 Å². The monoisotopic (exact) mass is 222 g/mol. The van der Waals surface area contributed by atoms with Crippen LogP contribution < -0.4 is 0 Å². The average molecular weight is 222 g/mol. The molecule has 0 aliphatic carbocycles. The Morgan fingerprint density at radius 1 is 1.31 bits per heavy atom. The molecule has 16 heavy (non-hydrogen) atoms. The summed E-state index contributed by atoms with van der Waals surface area (Å²) in [5.74, 6) is -1.53. The zero-order valence-corrected chi connectivity index (χ0v) is 9.27. The number of hydrogen-bond acceptors (Lipinski definition) is 4. The van der Waals surface area contributed by atoms with Gasteiger partial charge in [-0.3, -0.25) is 4.79 Å². The minimum Gasteiger partial charge on any atom is -0.466 e. The predicted octanol–water partition coefficient (Wildman–Crippen LogP) is 1.03. The molecular formula is C12H14O4. The van der Waals surface area contributed by atoms with Gasteiger partial charge in [-0.05, 0) is 0 Å². The number of Topliss-reactive ketones (excluding diaryl/α,β-unsaturated/α-hetero) is 1. The van der Waals surface area contributed by atoms with E-state index in [1.54, 1.807) is 25.1 Å². The van der Waals surface area contributed by atoms with Crippen molar-refractivity contribution in [3.05, 3.63) is 35.9 Å². The fourth-order valence-corrected chi connectivity index (χ4v) is 1.48. The van der Waals surface area contributed by atoms with Crippen LogP contribution in [0.15, 0.2) is 30.3 Å². The van der Waals surface area contributed by atoms with E-state index >= 15 is 0 Å². The Labute approximate surface area is 93.9 Å². The van der Waals surface area contributed by atoms with Crippen LogP contribution in [0.3, 0.4) is 0 Å². The summed E-state index contributed by atoms with van der Waals surface area (Å²) >= 11 is 0. The number of benzene rings is 1. The van der Waals surface area contributed by atoms with Crippen LogP contribution in [-0.4, -0.2) is 24.0 Å². The van der Waals surface area contributed by atoms with Gasteiger partial charge in [0.15, 0.2) is 5.78 Å². The lowest BCUT2D eigenvalue weighted by molar-refractivity contribution is -0.169. The third kappa shape index (κ3) is 1.97.